The fourth-order valence-corrected chi connectivity index (χ4v) is 10.9. The van der Waals surface area contributed by atoms with Gasteiger partial charge in [-0.25, -0.2) is 0 Å². The van der Waals surface area contributed by atoms with Gasteiger partial charge in [0.2, 0.25) is 0 Å². The first-order chi connectivity index (χ1) is 19.2. The molecule has 0 saturated heterocycles. The van der Waals surface area contributed by atoms with Crippen LogP contribution in [-0.2, 0) is 12.3 Å². The standard InChI is InChI=1S/C34H37F3N2P2/c1-32(2,3)40(33(4,5)6)24-27-15-13-14-26(39-27)23-38-30-21-20-25(34(35,36)37)22-31(30)41(28-16-9-7-10-17-28)29-18-11-8-12-19-29/h7-23H,24H2,1-6H3. The number of pyridine rings is 1. The van der Waals surface area contributed by atoms with E-state index < -0.39 is 19.7 Å². The Hall–Kier alpha value is -2.87. The van der Waals surface area contributed by atoms with Crippen molar-refractivity contribution in [3.05, 3.63) is 114 Å². The maximum absolute atomic E-state index is 13.9. The van der Waals surface area contributed by atoms with E-state index >= 15 is 0 Å². The summed E-state index contributed by atoms with van der Waals surface area (Å²) in [6.45, 7) is 13.7. The summed E-state index contributed by atoms with van der Waals surface area (Å²) in [5, 5.41) is 2.81. The Morgan fingerprint density at radius 1 is 0.707 bits per heavy atom. The largest absolute Gasteiger partial charge is 0.416 e. The van der Waals surface area contributed by atoms with Gasteiger partial charge >= 0.3 is 6.18 Å². The number of aromatic nitrogens is 1. The van der Waals surface area contributed by atoms with Gasteiger partial charge in [0.15, 0.2) is 0 Å². The Morgan fingerprint density at radius 2 is 1.27 bits per heavy atom. The van der Waals surface area contributed by atoms with Crippen LogP contribution in [0, 0.1) is 0 Å². The molecular weight excluding hydrogens is 555 g/mol. The summed E-state index contributed by atoms with van der Waals surface area (Å²) >= 11 is 0. The highest BCUT2D eigenvalue weighted by Crippen LogP contribution is 2.61. The van der Waals surface area contributed by atoms with Crippen molar-refractivity contribution in [2.75, 3.05) is 0 Å². The van der Waals surface area contributed by atoms with Crippen LogP contribution in [0.1, 0.15) is 58.5 Å². The Bertz CT molecular complexity index is 1420. The van der Waals surface area contributed by atoms with Gasteiger partial charge in [-0.1, -0.05) is 116 Å². The zero-order valence-corrected chi connectivity index (χ0v) is 26.2. The molecule has 0 atom stereocenters. The Balaban J connectivity index is 1.78. The lowest BCUT2D eigenvalue weighted by Crippen LogP contribution is -2.26. The molecule has 0 aliphatic carbocycles. The monoisotopic (exact) mass is 592 g/mol. The molecule has 0 aliphatic heterocycles. The topological polar surface area (TPSA) is 25.2 Å². The van der Waals surface area contributed by atoms with Crippen LogP contribution in [0.2, 0.25) is 0 Å². The first kappa shape index (κ1) is 31.1. The second-order valence-electron chi connectivity index (χ2n) is 11.9. The van der Waals surface area contributed by atoms with Crippen LogP contribution >= 0.6 is 15.8 Å². The Labute approximate surface area is 244 Å². The van der Waals surface area contributed by atoms with E-state index in [0.717, 1.165) is 28.5 Å². The number of benzene rings is 3. The van der Waals surface area contributed by atoms with Crippen molar-refractivity contribution in [3.63, 3.8) is 0 Å². The Morgan fingerprint density at radius 3 is 1.78 bits per heavy atom. The van der Waals surface area contributed by atoms with Crippen molar-refractivity contribution in [1.29, 1.82) is 0 Å². The van der Waals surface area contributed by atoms with Crippen molar-refractivity contribution in [3.8, 4) is 0 Å². The average molecular weight is 593 g/mol. The predicted molar refractivity (Wildman–Crippen MR) is 172 cm³/mol. The summed E-state index contributed by atoms with van der Waals surface area (Å²) in [4.78, 5) is 9.65. The molecule has 0 saturated carbocycles. The normalized spacial score (nSPS) is 13.0. The fourth-order valence-electron chi connectivity index (χ4n) is 5.01. The molecule has 7 heteroatoms. The maximum atomic E-state index is 13.9. The van der Waals surface area contributed by atoms with Crippen LogP contribution in [0.4, 0.5) is 18.9 Å². The van der Waals surface area contributed by atoms with E-state index in [2.05, 4.69) is 47.6 Å². The van der Waals surface area contributed by atoms with Gasteiger partial charge in [-0.2, -0.15) is 13.2 Å². The summed E-state index contributed by atoms with van der Waals surface area (Å²) in [6, 6.07) is 29.2. The SMILES string of the molecule is CC(C)(C)P(Cc1cccc(C=Nc2ccc(C(F)(F)F)cc2P(c2ccccc2)c2ccccc2)n1)C(C)(C)C. The van der Waals surface area contributed by atoms with Gasteiger partial charge in [-0.05, 0) is 59.2 Å². The number of hydrogen-bond acceptors (Lipinski definition) is 2. The van der Waals surface area contributed by atoms with Crippen molar-refractivity contribution in [1.82, 2.24) is 4.98 Å². The summed E-state index contributed by atoms with van der Waals surface area (Å²) in [5.41, 5.74) is 1.53. The van der Waals surface area contributed by atoms with Gasteiger partial charge in [-0.3, -0.25) is 9.98 Å². The Kier molecular flexibility index (Phi) is 9.52. The van der Waals surface area contributed by atoms with Crippen molar-refractivity contribution in [2.45, 2.75) is 64.2 Å². The lowest BCUT2D eigenvalue weighted by Gasteiger charge is -2.41. The van der Waals surface area contributed by atoms with Gasteiger partial charge in [0.1, 0.15) is 0 Å². The van der Waals surface area contributed by atoms with E-state index in [1.807, 2.05) is 72.8 Å². The van der Waals surface area contributed by atoms with Crippen LogP contribution in [-0.4, -0.2) is 21.5 Å². The van der Waals surface area contributed by atoms with Crippen molar-refractivity contribution in [2.24, 2.45) is 4.99 Å². The summed E-state index contributed by atoms with van der Waals surface area (Å²) in [5.74, 6) is 0. The molecule has 3 aromatic carbocycles. The molecule has 1 aromatic heterocycles. The zero-order chi connectivity index (χ0) is 29.8. The van der Waals surface area contributed by atoms with Crippen molar-refractivity contribution < 1.29 is 13.2 Å². The van der Waals surface area contributed by atoms with E-state index in [1.54, 1.807) is 6.21 Å². The van der Waals surface area contributed by atoms with Crippen LogP contribution in [0.3, 0.4) is 0 Å². The summed E-state index contributed by atoms with van der Waals surface area (Å²) < 4.78 is 41.7. The van der Waals surface area contributed by atoms with Crippen LogP contribution < -0.4 is 15.9 Å². The smallest absolute Gasteiger partial charge is 0.254 e. The molecule has 4 aromatic rings. The number of alkyl halides is 3. The third-order valence-electron chi connectivity index (χ3n) is 6.68. The van der Waals surface area contributed by atoms with Crippen LogP contribution in [0.5, 0.6) is 0 Å². The number of rotatable bonds is 7. The second-order valence-corrected chi connectivity index (χ2v) is 18.0. The van der Waals surface area contributed by atoms with E-state index in [9.17, 15) is 13.2 Å². The summed E-state index contributed by atoms with van der Waals surface area (Å²) in [6.07, 6.45) is -1.89. The van der Waals surface area contributed by atoms with E-state index in [1.165, 1.54) is 12.1 Å². The predicted octanol–water partition coefficient (Wildman–Crippen LogP) is 9.19. The average Bonchev–Trinajstić information content (AvgIpc) is 2.91. The van der Waals surface area contributed by atoms with Gasteiger partial charge < -0.3 is 0 Å². The van der Waals surface area contributed by atoms with Gasteiger partial charge in [-0.15, -0.1) is 0 Å². The van der Waals surface area contributed by atoms with Gasteiger partial charge in [0.25, 0.3) is 0 Å². The van der Waals surface area contributed by atoms with Crippen LogP contribution in [0.15, 0.2) is 102 Å². The lowest BCUT2D eigenvalue weighted by atomic mass is 10.2. The molecule has 2 nitrogen and oxygen atoms in total. The highest BCUT2D eigenvalue weighted by atomic mass is 31.1. The van der Waals surface area contributed by atoms with Crippen molar-refractivity contribution >= 4 is 43.7 Å². The minimum absolute atomic E-state index is 0.167. The molecule has 214 valence electrons. The molecule has 0 bridgehead atoms. The molecule has 0 radical (unpaired) electrons. The van der Waals surface area contributed by atoms with E-state index in [4.69, 9.17) is 9.98 Å². The van der Waals surface area contributed by atoms with E-state index in [0.29, 0.717) is 16.7 Å². The first-order valence-corrected chi connectivity index (χ1v) is 16.5. The third kappa shape index (κ3) is 8.12. The fraction of sp³-hybridized carbons (Fsp3) is 0.294. The zero-order valence-electron chi connectivity index (χ0n) is 24.4. The molecule has 0 fully saturated rings. The number of nitrogens with zero attached hydrogens (tertiary/aromatic N) is 2. The van der Waals surface area contributed by atoms with Gasteiger partial charge in [0, 0.05) is 17.2 Å². The molecular formula is C34H37F3N2P2. The minimum Gasteiger partial charge on any atom is -0.254 e. The number of aliphatic imine (C=N–C) groups is 1. The molecule has 0 spiro atoms. The number of halogens is 3. The summed E-state index contributed by atoms with van der Waals surface area (Å²) in [7, 11) is -1.66. The molecule has 0 unspecified atom stereocenters. The molecule has 0 N–H and O–H groups in total. The first-order valence-electron chi connectivity index (χ1n) is 13.6. The molecule has 4 rings (SSSR count). The quantitative estimate of drug-likeness (QED) is 0.155. The number of hydrogen-bond donors (Lipinski definition) is 0. The highest BCUT2D eigenvalue weighted by molar-refractivity contribution is 7.80. The molecule has 0 amide bonds. The molecule has 41 heavy (non-hydrogen) atoms. The lowest BCUT2D eigenvalue weighted by molar-refractivity contribution is -0.137. The third-order valence-corrected chi connectivity index (χ3v) is 13.0. The maximum Gasteiger partial charge on any atom is 0.416 e. The van der Waals surface area contributed by atoms with E-state index in [-0.39, 0.29) is 18.2 Å². The second kappa shape index (κ2) is 12.6. The van der Waals surface area contributed by atoms with Gasteiger partial charge in [0.05, 0.1) is 23.2 Å². The highest BCUT2D eigenvalue weighted by Gasteiger charge is 2.35. The molecule has 0 aliphatic rings. The molecule has 1 heterocycles. The minimum atomic E-state index is -4.46. The van der Waals surface area contributed by atoms with Crippen LogP contribution in [0.25, 0.3) is 0 Å².